The van der Waals surface area contributed by atoms with Crippen molar-refractivity contribution in [3.05, 3.63) is 63.4 Å². The number of carbonyl (C=O) groups excluding carboxylic acids is 1. The summed E-state index contributed by atoms with van der Waals surface area (Å²) in [7, 11) is 0. The monoisotopic (exact) mass is 347 g/mol. The van der Waals surface area contributed by atoms with E-state index in [1.165, 1.54) is 6.07 Å². The summed E-state index contributed by atoms with van der Waals surface area (Å²) in [4.78, 5) is 14.5. The molecule has 2 nitrogen and oxygen atoms in total. The normalized spacial score (nSPS) is 14.0. The quantitative estimate of drug-likeness (QED) is 0.744. The molecule has 0 unspecified atom stereocenters. The number of aryl methyl sites for hydroxylation is 2. The van der Waals surface area contributed by atoms with Gasteiger partial charge in [-0.3, -0.25) is 4.79 Å². The zero-order valence-electron chi connectivity index (χ0n) is 11.7. The smallest absolute Gasteiger partial charge is 0.261 e. The minimum absolute atomic E-state index is 0.112. The van der Waals surface area contributed by atoms with Crippen molar-refractivity contribution in [2.45, 2.75) is 19.8 Å². The molecule has 0 aliphatic carbocycles. The number of halogens is 2. The molecule has 0 N–H and O–H groups in total. The lowest BCUT2D eigenvalue weighted by Crippen LogP contribution is -2.36. The molecule has 0 aromatic heterocycles. The number of para-hydroxylation sites is 1. The maximum atomic E-state index is 14.2. The van der Waals surface area contributed by atoms with Gasteiger partial charge in [-0.05, 0) is 59.0 Å². The summed E-state index contributed by atoms with van der Waals surface area (Å²) in [6.45, 7) is 2.62. The van der Waals surface area contributed by atoms with Crippen LogP contribution >= 0.6 is 15.9 Å². The second-order valence-electron chi connectivity index (χ2n) is 5.24. The molecule has 0 saturated carbocycles. The third-order valence-corrected chi connectivity index (χ3v) is 4.46. The summed E-state index contributed by atoms with van der Waals surface area (Å²) in [5.41, 5.74) is 3.26. The zero-order valence-corrected chi connectivity index (χ0v) is 13.3. The van der Waals surface area contributed by atoms with Crippen molar-refractivity contribution in [2.75, 3.05) is 11.4 Å². The van der Waals surface area contributed by atoms with Gasteiger partial charge in [-0.2, -0.15) is 0 Å². The molecule has 0 bridgehead atoms. The van der Waals surface area contributed by atoms with Crippen LogP contribution in [0.5, 0.6) is 0 Å². The molecular formula is C17H15BrFNO. The lowest BCUT2D eigenvalue weighted by molar-refractivity contribution is 0.0981. The average Bonchev–Trinajstić information content (AvgIpc) is 2.49. The Morgan fingerprint density at radius 1 is 1.24 bits per heavy atom. The van der Waals surface area contributed by atoms with Crippen molar-refractivity contribution in [1.29, 1.82) is 0 Å². The summed E-state index contributed by atoms with van der Waals surface area (Å²) in [5.74, 6) is -0.771. The van der Waals surface area contributed by atoms with Gasteiger partial charge in [0.05, 0.1) is 15.7 Å². The van der Waals surface area contributed by atoms with E-state index in [-0.39, 0.29) is 11.5 Å². The Balaban J connectivity index is 2.07. The van der Waals surface area contributed by atoms with Crippen molar-refractivity contribution in [2.24, 2.45) is 0 Å². The van der Waals surface area contributed by atoms with Crippen LogP contribution in [0.25, 0.3) is 0 Å². The molecule has 0 atom stereocenters. The number of nitrogens with zero attached hydrogens (tertiary/aromatic N) is 1. The first-order valence-electron chi connectivity index (χ1n) is 6.94. The fourth-order valence-corrected chi connectivity index (χ4v) is 3.23. The molecule has 1 aliphatic heterocycles. The Kier molecular flexibility index (Phi) is 3.81. The van der Waals surface area contributed by atoms with Crippen LogP contribution in [0.1, 0.15) is 27.9 Å². The van der Waals surface area contributed by atoms with Gasteiger partial charge in [-0.25, -0.2) is 4.39 Å². The highest BCUT2D eigenvalue weighted by atomic mass is 79.9. The predicted molar refractivity (Wildman–Crippen MR) is 85.3 cm³/mol. The summed E-state index contributed by atoms with van der Waals surface area (Å²) >= 11 is 3.14. The lowest BCUT2D eigenvalue weighted by atomic mass is 9.97. The Bertz CT molecular complexity index is 714. The van der Waals surface area contributed by atoms with Crippen LogP contribution in [0.3, 0.4) is 0 Å². The largest absolute Gasteiger partial charge is 0.308 e. The molecule has 108 valence electrons. The summed E-state index contributed by atoms with van der Waals surface area (Å²) in [6, 6.07) is 10.8. The van der Waals surface area contributed by atoms with Gasteiger partial charge in [0.1, 0.15) is 5.82 Å². The number of amides is 1. The van der Waals surface area contributed by atoms with Crippen LogP contribution in [0.2, 0.25) is 0 Å². The molecule has 2 aromatic carbocycles. The van der Waals surface area contributed by atoms with E-state index >= 15 is 0 Å². The molecule has 0 saturated heterocycles. The summed E-state index contributed by atoms with van der Waals surface area (Å²) in [6.07, 6.45) is 1.86. The van der Waals surface area contributed by atoms with Gasteiger partial charge in [0.2, 0.25) is 0 Å². The number of anilines is 1. The lowest BCUT2D eigenvalue weighted by Gasteiger charge is -2.31. The molecule has 4 heteroatoms. The minimum Gasteiger partial charge on any atom is -0.308 e. The standard InChI is InChI=1S/C17H15BrFNO/c1-11-5-2-6-12-7-4-10-20(16(11)12)17(21)13-8-3-9-14(18)15(13)19/h2-3,5-6,8-9H,4,7,10H2,1H3. The van der Waals surface area contributed by atoms with Gasteiger partial charge in [0, 0.05) is 6.54 Å². The van der Waals surface area contributed by atoms with Crippen LogP contribution in [-0.4, -0.2) is 12.5 Å². The van der Waals surface area contributed by atoms with E-state index in [9.17, 15) is 9.18 Å². The van der Waals surface area contributed by atoms with Crippen LogP contribution in [0.15, 0.2) is 40.9 Å². The van der Waals surface area contributed by atoms with Crippen LogP contribution < -0.4 is 4.90 Å². The Labute approximate surface area is 131 Å². The Hall–Kier alpha value is -1.68. The van der Waals surface area contributed by atoms with Crippen molar-refractivity contribution in [1.82, 2.24) is 0 Å². The summed E-state index contributed by atoms with van der Waals surface area (Å²) in [5, 5.41) is 0. The predicted octanol–water partition coefficient (Wildman–Crippen LogP) is 4.49. The van der Waals surface area contributed by atoms with E-state index in [1.54, 1.807) is 17.0 Å². The van der Waals surface area contributed by atoms with Crippen molar-refractivity contribution in [3.8, 4) is 0 Å². The molecule has 0 fully saturated rings. The maximum Gasteiger partial charge on any atom is 0.261 e. The number of hydrogen-bond donors (Lipinski definition) is 0. The highest BCUT2D eigenvalue weighted by Crippen LogP contribution is 2.32. The first kappa shape index (κ1) is 14.3. The molecule has 1 aliphatic rings. The van der Waals surface area contributed by atoms with Gasteiger partial charge in [-0.1, -0.05) is 24.3 Å². The highest BCUT2D eigenvalue weighted by molar-refractivity contribution is 9.10. The molecule has 1 amide bonds. The topological polar surface area (TPSA) is 20.3 Å². The molecular weight excluding hydrogens is 333 g/mol. The molecule has 0 spiro atoms. The van der Waals surface area contributed by atoms with Gasteiger partial charge in [0.25, 0.3) is 5.91 Å². The van der Waals surface area contributed by atoms with E-state index in [1.807, 2.05) is 25.1 Å². The van der Waals surface area contributed by atoms with Crippen molar-refractivity contribution in [3.63, 3.8) is 0 Å². The fourth-order valence-electron chi connectivity index (χ4n) is 2.86. The second-order valence-corrected chi connectivity index (χ2v) is 6.10. The minimum atomic E-state index is -0.497. The van der Waals surface area contributed by atoms with E-state index in [2.05, 4.69) is 15.9 Å². The van der Waals surface area contributed by atoms with Crippen molar-refractivity contribution < 1.29 is 9.18 Å². The molecule has 3 rings (SSSR count). The number of rotatable bonds is 1. The Morgan fingerprint density at radius 3 is 2.81 bits per heavy atom. The number of fused-ring (bicyclic) bond motifs is 1. The van der Waals surface area contributed by atoms with Gasteiger partial charge in [0.15, 0.2) is 0 Å². The first-order chi connectivity index (χ1) is 10.1. The molecule has 2 aromatic rings. The highest BCUT2D eigenvalue weighted by Gasteiger charge is 2.27. The van der Waals surface area contributed by atoms with Gasteiger partial charge in [-0.15, -0.1) is 0 Å². The Morgan fingerprint density at radius 2 is 2.00 bits per heavy atom. The number of hydrogen-bond acceptors (Lipinski definition) is 1. The molecule has 21 heavy (non-hydrogen) atoms. The summed E-state index contributed by atoms with van der Waals surface area (Å²) < 4.78 is 14.5. The average molecular weight is 348 g/mol. The SMILES string of the molecule is Cc1cccc2c1N(C(=O)c1cccc(Br)c1F)CCC2. The molecule has 0 radical (unpaired) electrons. The van der Waals surface area contributed by atoms with E-state index in [4.69, 9.17) is 0 Å². The van der Waals surface area contributed by atoms with E-state index in [0.717, 1.165) is 29.7 Å². The van der Waals surface area contributed by atoms with E-state index < -0.39 is 5.82 Å². The third kappa shape index (κ3) is 2.48. The zero-order chi connectivity index (χ0) is 15.0. The van der Waals surface area contributed by atoms with Crippen molar-refractivity contribution >= 4 is 27.5 Å². The maximum absolute atomic E-state index is 14.2. The molecule has 1 heterocycles. The van der Waals surface area contributed by atoms with Gasteiger partial charge >= 0.3 is 0 Å². The number of benzene rings is 2. The second kappa shape index (κ2) is 5.60. The van der Waals surface area contributed by atoms with Crippen LogP contribution in [0.4, 0.5) is 10.1 Å². The van der Waals surface area contributed by atoms with Gasteiger partial charge < -0.3 is 4.90 Å². The fraction of sp³-hybridized carbons (Fsp3) is 0.235. The van der Waals surface area contributed by atoms with Crippen LogP contribution in [-0.2, 0) is 6.42 Å². The van der Waals surface area contributed by atoms with E-state index in [0.29, 0.717) is 11.0 Å². The third-order valence-electron chi connectivity index (χ3n) is 3.85. The first-order valence-corrected chi connectivity index (χ1v) is 7.73. The number of carbonyl (C=O) groups is 1. The van der Waals surface area contributed by atoms with Crippen LogP contribution in [0, 0.1) is 12.7 Å².